The van der Waals surface area contributed by atoms with Crippen LogP contribution in [0.15, 0.2) is 103 Å². The molecule has 4 aromatic carbocycles. The minimum absolute atomic E-state index is 0.129. The molecular weight excluding hydrogens is 624 g/mol. The number of aromatic nitrogens is 3. The van der Waals surface area contributed by atoms with Crippen molar-refractivity contribution in [1.29, 1.82) is 5.26 Å². The van der Waals surface area contributed by atoms with Gasteiger partial charge in [-0.05, 0) is 51.2 Å². The zero-order valence-electron chi connectivity index (χ0n) is 26.2. The van der Waals surface area contributed by atoms with Gasteiger partial charge in [0.2, 0.25) is 5.28 Å². The van der Waals surface area contributed by atoms with Gasteiger partial charge in [-0.3, -0.25) is 0 Å². The number of amides is 1. The first-order chi connectivity index (χ1) is 23.6. The number of nitrogens with zero attached hydrogens (tertiary/aromatic N) is 5. The van der Waals surface area contributed by atoms with Crippen LogP contribution in [0.25, 0.3) is 21.8 Å². The molecule has 1 unspecified atom stereocenters. The van der Waals surface area contributed by atoms with Crippen LogP contribution in [0.3, 0.4) is 0 Å². The van der Waals surface area contributed by atoms with Crippen LogP contribution in [0.4, 0.5) is 10.6 Å². The number of carbonyl (C=O) groups excluding carboxylic acids is 1. The van der Waals surface area contributed by atoms with E-state index in [1.807, 2.05) is 66.9 Å². The van der Waals surface area contributed by atoms with Crippen LogP contribution in [-0.2, 0) is 24.4 Å². The van der Waals surface area contributed by atoms with E-state index in [1.54, 1.807) is 4.90 Å². The number of hydrogen-bond donors (Lipinski definition) is 1. The van der Waals surface area contributed by atoms with E-state index in [1.165, 1.54) is 0 Å². The lowest BCUT2D eigenvalue weighted by Gasteiger charge is -2.40. The number of fused-ring (bicyclic) bond motifs is 2. The molecule has 1 aliphatic heterocycles. The monoisotopic (exact) mass is 656 g/mol. The molecule has 48 heavy (non-hydrogen) atoms. The van der Waals surface area contributed by atoms with Gasteiger partial charge in [0.1, 0.15) is 24.5 Å². The van der Waals surface area contributed by atoms with Crippen LogP contribution in [0.2, 0.25) is 5.28 Å². The maximum Gasteiger partial charge on any atom is 0.410 e. The van der Waals surface area contributed by atoms with Gasteiger partial charge >= 0.3 is 6.09 Å². The zero-order chi connectivity index (χ0) is 32.9. The number of nitrogens with one attached hydrogen (secondary N) is 1. The molecule has 0 spiro atoms. The fourth-order valence-corrected chi connectivity index (χ4v) is 6.45. The summed E-state index contributed by atoms with van der Waals surface area (Å²) in [5.74, 6) is 1.44. The summed E-state index contributed by atoms with van der Waals surface area (Å²) in [6, 6.07) is 33.9. The minimum atomic E-state index is -0.436. The average Bonchev–Trinajstić information content (AvgIpc) is 3.52. The second-order valence-corrected chi connectivity index (χ2v) is 12.1. The van der Waals surface area contributed by atoms with Gasteiger partial charge in [-0.25, -0.2) is 9.78 Å². The second kappa shape index (κ2) is 14.0. The topological polar surface area (TPSA) is 107 Å². The van der Waals surface area contributed by atoms with E-state index < -0.39 is 6.09 Å². The van der Waals surface area contributed by atoms with Crippen molar-refractivity contribution in [1.82, 2.24) is 19.9 Å². The molecule has 1 saturated heterocycles. The molecule has 0 bridgehead atoms. The predicted octanol–water partition coefficient (Wildman–Crippen LogP) is 7.68. The Morgan fingerprint density at radius 3 is 2.42 bits per heavy atom. The summed E-state index contributed by atoms with van der Waals surface area (Å²) in [7, 11) is 0. The lowest BCUT2D eigenvalue weighted by molar-refractivity contribution is 0.0768. The number of H-pyrrole nitrogens is 1. The smallest absolute Gasteiger partial charge is 0.410 e. The maximum absolute atomic E-state index is 13.1. The quantitative estimate of drug-likeness (QED) is 0.159. The van der Waals surface area contributed by atoms with Crippen LogP contribution >= 0.6 is 11.6 Å². The highest BCUT2D eigenvalue weighted by Gasteiger charge is 2.33. The third-order valence-corrected chi connectivity index (χ3v) is 8.83. The van der Waals surface area contributed by atoms with E-state index in [0.29, 0.717) is 38.5 Å². The summed E-state index contributed by atoms with van der Waals surface area (Å²) in [6.45, 7) is 1.91. The van der Waals surface area contributed by atoms with Crippen molar-refractivity contribution in [2.24, 2.45) is 0 Å². The highest BCUT2D eigenvalue weighted by atomic mass is 35.5. The molecule has 1 amide bonds. The molecule has 7 rings (SSSR count). The second-order valence-electron chi connectivity index (χ2n) is 11.8. The number of rotatable bonds is 9. The summed E-state index contributed by atoms with van der Waals surface area (Å²) < 4.78 is 11.8. The Hall–Kier alpha value is -5.59. The fourth-order valence-electron chi connectivity index (χ4n) is 6.28. The number of nitriles is 1. The molecule has 2 aromatic heterocycles. The Bertz CT molecular complexity index is 2100. The van der Waals surface area contributed by atoms with Gasteiger partial charge in [0.05, 0.1) is 24.0 Å². The van der Waals surface area contributed by atoms with Gasteiger partial charge in [0, 0.05) is 37.8 Å². The van der Waals surface area contributed by atoms with E-state index in [-0.39, 0.29) is 24.4 Å². The van der Waals surface area contributed by atoms with Crippen molar-refractivity contribution in [2.45, 2.75) is 32.1 Å². The maximum atomic E-state index is 13.1. The Morgan fingerprint density at radius 1 is 0.917 bits per heavy atom. The number of carbonyl (C=O) groups is 1. The predicted molar refractivity (Wildman–Crippen MR) is 186 cm³/mol. The largest absolute Gasteiger partial charge is 0.489 e. The third-order valence-electron chi connectivity index (χ3n) is 8.66. The number of aromatic amines is 1. The molecule has 6 aromatic rings. The molecule has 1 atom stereocenters. The number of halogens is 1. The number of piperazine rings is 1. The molecule has 0 aliphatic carbocycles. The number of anilines is 1. The van der Waals surface area contributed by atoms with E-state index in [9.17, 15) is 10.1 Å². The lowest BCUT2D eigenvalue weighted by Crippen LogP contribution is -2.55. The first-order valence-corrected chi connectivity index (χ1v) is 16.2. The molecule has 240 valence electrons. The van der Waals surface area contributed by atoms with Crippen molar-refractivity contribution >= 4 is 45.3 Å². The van der Waals surface area contributed by atoms with Crippen LogP contribution in [-0.4, -0.2) is 51.6 Å². The van der Waals surface area contributed by atoms with Gasteiger partial charge < -0.3 is 24.3 Å². The first kappa shape index (κ1) is 31.0. The summed E-state index contributed by atoms with van der Waals surface area (Å²) in [4.78, 5) is 29.5. The number of hydrogen-bond acceptors (Lipinski definition) is 7. The summed E-state index contributed by atoms with van der Waals surface area (Å²) >= 11 is 6.55. The zero-order valence-corrected chi connectivity index (χ0v) is 26.9. The van der Waals surface area contributed by atoms with Crippen molar-refractivity contribution in [3.05, 3.63) is 131 Å². The SMILES string of the molecule is N#CCC1CN(c2nc(Cl)nc3c(Cc4cc(OCc5ccccc5)cc5ccccc45)c[nH]c23)CCN1C(=O)OCc1ccccc1. The normalized spacial score (nSPS) is 14.6. The van der Waals surface area contributed by atoms with Gasteiger partial charge in [-0.15, -0.1) is 0 Å². The Kier molecular flexibility index (Phi) is 9.07. The summed E-state index contributed by atoms with van der Waals surface area (Å²) in [5.41, 5.74) is 5.56. The number of benzene rings is 4. The molecule has 1 aliphatic rings. The van der Waals surface area contributed by atoms with Crippen LogP contribution in [0.1, 0.15) is 28.7 Å². The van der Waals surface area contributed by atoms with E-state index in [4.69, 9.17) is 21.1 Å². The first-order valence-electron chi connectivity index (χ1n) is 15.9. The highest BCUT2D eigenvalue weighted by molar-refractivity contribution is 6.28. The van der Waals surface area contributed by atoms with Crippen molar-refractivity contribution in [3.63, 3.8) is 0 Å². The molecule has 1 N–H and O–H groups in total. The van der Waals surface area contributed by atoms with Crippen molar-refractivity contribution in [2.75, 3.05) is 24.5 Å². The third kappa shape index (κ3) is 6.75. The summed E-state index contributed by atoms with van der Waals surface area (Å²) in [5, 5.41) is 12.0. The molecule has 0 saturated carbocycles. The molecule has 9 nitrogen and oxygen atoms in total. The molecule has 10 heteroatoms. The van der Waals surface area contributed by atoms with Crippen molar-refractivity contribution < 1.29 is 14.3 Å². The molecule has 0 radical (unpaired) electrons. The van der Waals surface area contributed by atoms with Gasteiger partial charge in [-0.2, -0.15) is 10.2 Å². The van der Waals surface area contributed by atoms with Crippen LogP contribution in [0.5, 0.6) is 5.75 Å². The van der Waals surface area contributed by atoms with Gasteiger partial charge in [-0.1, -0.05) is 84.9 Å². The fraction of sp³-hybridized carbons (Fsp3) is 0.211. The highest BCUT2D eigenvalue weighted by Crippen LogP contribution is 2.33. The average molecular weight is 657 g/mol. The Balaban J connectivity index is 1.13. The van der Waals surface area contributed by atoms with Crippen LogP contribution in [0, 0.1) is 11.3 Å². The van der Waals surface area contributed by atoms with Crippen molar-refractivity contribution in [3.8, 4) is 11.8 Å². The molecular formula is C38H33ClN6O3. The van der Waals surface area contributed by atoms with E-state index >= 15 is 0 Å². The Labute approximate surface area is 283 Å². The molecule has 3 heterocycles. The van der Waals surface area contributed by atoms with Gasteiger partial charge in [0.15, 0.2) is 5.82 Å². The number of ether oxygens (including phenoxy) is 2. The van der Waals surface area contributed by atoms with Gasteiger partial charge in [0.25, 0.3) is 0 Å². The molecule has 1 fully saturated rings. The lowest BCUT2D eigenvalue weighted by atomic mass is 9.98. The van der Waals surface area contributed by atoms with E-state index in [2.05, 4.69) is 62.3 Å². The standard InChI is InChI=1S/C38H33ClN6O3/c39-37-42-34-30(19-29-21-32(20-28-13-7-8-14-33(28)29)47-24-26-9-3-1-4-10-26)22-41-35(34)36(43-37)44-17-18-45(31(23-44)15-16-40)38(46)48-25-27-11-5-2-6-12-27/h1-14,20-22,31,41H,15,17-19,23-25H2. The van der Waals surface area contributed by atoms with Crippen LogP contribution < -0.4 is 9.64 Å². The Morgan fingerprint density at radius 2 is 1.65 bits per heavy atom. The van der Waals surface area contributed by atoms with E-state index in [0.717, 1.165) is 49.8 Å². The summed E-state index contributed by atoms with van der Waals surface area (Å²) in [6.07, 6.45) is 2.27. The minimum Gasteiger partial charge on any atom is -0.489 e.